The number of hydrogen-bond donors (Lipinski definition) is 2. The summed E-state index contributed by atoms with van der Waals surface area (Å²) in [4.78, 5) is 5.35. The molecule has 3 aromatic heterocycles. The van der Waals surface area contributed by atoms with Gasteiger partial charge in [-0.15, -0.1) is 5.10 Å². The van der Waals surface area contributed by atoms with E-state index in [9.17, 15) is 5.11 Å². The average molecular weight is 375 g/mol. The quantitative estimate of drug-likeness (QED) is 0.551. The molecule has 1 aromatic carbocycles. The highest BCUT2D eigenvalue weighted by Crippen LogP contribution is 2.27. The maximum Gasteiger partial charge on any atom is 0.214 e. The maximum atomic E-state index is 10.5. The van der Waals surface area contributed by atoms with E-state index in [4.69, 9.17) is 16.0 Å². The molecule has 8 heteroatoms. The molecule has 128 valence electrons. The van der Waals surface area contributed by atoms with Crippen molar-refractivity contribution in [2.75, 3.05) is 11.9 Å². The van der Waals surface area contributed by atoms with E-state index in [0.29, 0.717) is 15.9 Å². The topological polar surface area (TPSA) is 75.6 Å². The minimum atomic E-state index is -1.12. The molecule has 4 aromatic rings. The molecule has 0 saturated heterocycles. The highest BCUT2D eigenvalue weighted by molar-refractivity contribution is 7.20. The average Bonchev–Trinajstić information content (AvgIpc) is 3.30. The van der Waals surface area contributed by atoms with Crippen LogP contribution in [0.25, 0.3) is 16.2 Å². The van der Waals surface area contributed by atoms with Crippen LogP contribution in [0.15, 0.2) is 53.3 Å². The molecule has 4 rings (SSSR count). The van der Waals surface area contributed by atoms with Crippen molar-refractivity contribution in [1.82, 2.24) is 14.6 Å². The molecule has 0 aliphatic rings. The molecule has 0 spiro atoms. The molecule has 0 aliphatic heterocycles. The number of aliphatic hydroxyl groups is 1. The van der Waals surface area contributed by atoms with Crippen molar-refractivity contribution in [3.05, 3.63) is 59.6 Å². The van der Waals surface area contributed by atoms with Crippen molar-refractivity contribution in [2.45, 2.75) is 12.5 Å². The van der Waals surface area contributed by atoms with Gasteiger partial charge >= 0.3 is 0 Å². The number of nitrogens with one attached hydrogen (secondary N) is 1. The van der Waals surface area contributed by atoms with Gasteiger partial charge in [0, 0.05) is 10.6 Å². The van der Waals surface area contributed by atoms with Gasteiger partial charge in [-0.3, -0.25) is 0 Å². The first-order chi connectivity index (χ1) is 12.0. The van der Waals surface area contributed by atoms with Crippen molar-refractivity contribution >= 4 is 33.0 Å². The Balaban J connectivity index is 1.51. The third kappa shape index (κ3) is 3.26. The highest BCUT2D eigenvalue weighted by Gasteiger charge is 2.26. The zero-order chi connectivity index (χ0) is 17.4. The Morgan fingerprint density at radius 2 is 2.12 bits per heavy atom. The molecule has 1 unspecified atom stereocenters. The number of rotatable bonds is 5. The zero-order valence-electron chi connectivity index (χ0n) is 13.3. The molecular formula is C17H15ClN4O2S. The van der Waals surface area contributed by atoms with E-state index in [-0.39, 0.29) is 6.54 Å². The molecule has 1 atom stereocenters. The molecule has 0 aliphatic carbocycles. The predicted molar refractivity (Wildman–Crippen MR) is 98.1 cm³/mol. The monoisotopic (exact) mass is 374 g/mol. The van der Waals surface area contributed by atoms with Crippen LogP contribution in [0.2, 0.25) is 5.02 Å². The van der Waals surface area contributed by atoms with E-state index in [1.54, 1.807) is 29.8 Å². The minimum Gasteiger partial charge on any atom is -0.466 e. The third-order valence-electron chi connectivity index (χ3n) is 3.82. The van der Waals surface area contributed by atoms with Gasteiger partial charge in [-0.1, -0.05) is 35.1 Å². The fourth-order valence-electron chi connectivity index (χ4n) is 2.45. The Hall–Kier alpha value is -2.35. The summed E-state index contributed by atoms with van der Waals surface area (Å²) in [6, 6.07) is 11.0. The van der Waals surface area contributed by atoms with Crippen molar-refractivity contribution in [2.24, 2.45) is 0 Å². The van der Waals surface area contributed by atoms with Crippen molar-refractivity contribution in [1.29, 1.82) is 0 Å². The zero-order valence-corrected chi connectivity index (χ0v) is 14.9. The van der Waals surface area contributed by atoms with E-state index in [1.165, 1.54) is 11.3 Å². The van der Waals surface area contributed by atoms with Crippen LogP contribution >= 0.6 is 22.9 Å². The molecule has 0 radical (unpaired) electrons. The number of nitrogens with zero attached hydrogens (tertiary/aromatic N) is 3. The van der Waals surface area contributed by atoms with E-state index in [2.05, 4.69) is 15.4 Å². The summed E-state index contributed by atoms with van der Waals surface area (Å²) in [5.74, 6) is 0.506. The van der Waals surface area contributed by atoms with Gasteiger partial charge in [0.05, 0.1) is 24.7 Å². The normalized spacial score (nSPS) is 13.9. The lowest BCUT2D eigenvalue weighted by atomic mass is 10.0. The first-order valence-electron chi connectivity index (χ1n) is 7.64. The maximum absolute atomic E-state index is 10.5. The summed E-state index contributed by atoms with van der Waals surface area (Å²) < 4.78 is 6.99. The smallest absolute Gasteiger partial charge is 0.214 e. The standard InChI is InChI=1S/C17H15ClN4O2S/c1-17(23,14-3-2-8-24-14)10-19-15-21-22-9-13(20-16(22)25-15)11-4-6-12(18)7-5-11/h2-9,23H,10H2,1H3,(H,19,21). The molecule has 2 N–H and O–H groups in total. The van der Waals surface area contributed by atoms with Gasteiger partial charge in [-0.05, 0) is 31.2 Å². The molecule has 0 fully saturated rings. The summed E-state index contributed by atoms with van der Waals surface area (Å²) >= 11 is 7.33. The SMILES string of the molecule is CC(O)(CNc1nn2cc(-c3ccc(Cl)cc3)nc2s1)c1ccco1. The van der Waals surface area contributed by atoms with E-state index >= 15 is 0 Å². The molecule has 0 saturated carbocycles. The first kappa shape index (κ1) is 16.1. The van der Waals surface area contributed by atoms with E-state index in [0.717, 1.165) is 16.2 Å². The van der Waals surface area contributed by atoms with Gasteiger partial charge in [0.1, 0.15) is 11.4 Å². The summed E-state index contributed by atoms with van der Waals surface area (Å²) in [6.45, 7) is 1.97. The molecule has 0 amide bonds. The molecule has 0 bridgehead atoms. The summed E-state index contributed by atoms with van der Waals surface area (Å²) in [7, 11) is 0. The number of aromatic nitrogens is 3. The molecular weight excluding hydrogens is 360 g/mol. The first-order valence-corrected chi connectivity index (χ1v) is 8.83. The second-order valence-corrected chi connectivity index (χ2v) is 7.26. The Kier molecular flexibility index (Phi) is 3.99. The Labute approximate surface area is 152 Å². The van der Waals surface area contributed by atoms with Crippen LogP contribution in [0, 0.1) is 0 Å². The lowest BCUT2D eigenvalue weighted by Gasteiger charge is -2.20. The highest BCUT2D eigenvalue weighted by atomic mass is 35.5. The fourth-order valence-corrected chi connectivity index (χ4v) is 3.35. The number of benzene rings is 1. The minimum absolute atomic E-state index is 0.279. The van der Waals surface area contributed by atoms with Gasteiger partial charge in [0.25, 0.3) is 0 Å². The van der Waals surface area contributed by atoms with Crippen LogP contribution in [0.4, 0.5) is 5.13 Å². The third-order valence-corrected chi connectivity index (χ3v) is 4.95. The van der Waals surface area contributed by atoms with Crippen LogP contribution in [0.5, 0.6) is 0 Å². The Morgan fingerprint density at radius 1 is 1.32 bits per heavy atom. The van der Waals surface area contributed by atoms with Gasteiger partial charge in [0.15, 0.2) is 0 Å². The molecule has 3 heterocycles. The molecule has 25 heavy (non-hydrogen) atoms. The largest absolute Gasteiger partial charge is 0.466 e. The van der Waals surface area contributed by atoms with Gasteiger partial charge < -0.3 is 14.8 Å². The van der Waals surface area contributed by atoms with Crippen LogP contribution < -0.4 is 5.32 Å². The predicted octanol–water partition coefficient (Wildman–Crippen LogP) is 4.02. The molecule has 6 nitrogen and oxygen atoms in total. The van der Waals surface area contributed by atoms with Crippen molar-refractivity contribution < 1.29 is 9.52 Å². The number of imidazole rings is 1. The van der Waals surface area contributed by atoms with Crippen LogP contribution in [-0.4, -0.2) is 26.2 Å². The van der Waals surface area contributed by atoms with Crippen LogP contribution in [-0.2, 0) is 5.60 Å². The van der Waals surface area contributed by atoms with E-state index in [1.807, 2.05) is 30.5 Å². The number of anilines is 1. The number of halogens is 1. The van der Waals surface area contributed by atoms with Gasteiger partial charge in [-0.25, -0.2) is 9.50 Å². The van der Waals surface area contributed by atoms with Crippen molar-refractivity contribution in [3.63, 3.8) is 0 Å². The number of fused-ring (bicyclic) bond motifs is 1. The number of hydrogen-bond acceptors (Lipinski definition) is 6. The Bertz CT molecular complexity index is 958. The number of furan rings is 1. The van der Waals surface area contributed by atoms with Gasteiger partial charge in [-0.2, -0.15) is 0 Å². The van der Waals surface area contributed by atoms with Crippen LogP contribution in [0.3, 0.4) is 0 Å². The lowest BCUT2D eigenvalue weighted by Crippen LogP contribution is -2.30. The second kappa shape index (κ2) is 6.18. The summed E-state index contributed by atoms with van der Waals surface area (Å²) in [5.41, 5.74) is 0.702. The van der Waals surface area contributed by atoms with E-state index < -0.39 is 5.60 Å². The Morgan fingerprint density at radius 3 is 2.80 bits per heavy atom. The van der Waals surface area contributed by atoms with Crippen LogP contribution in [0.1, 0.15) is 12.7 Å². The second-order valence-electron chi connectivity index (χ2n) is 5.87. The van der Waals surface area contributed by atoms with Crippen molar-refractivity contribution in [3.8, 4) is 11.3 Å². The lowest BCUT2D eigenvalue weighted by molar-refractivity contribution is 0.0476. The summed E-state index contributed by atoms with van der Waals surface area (Å²) in [6.07, 6.45) is 3.41. The fraction of sp³-hybridized carbons (Fsp3) is 0.176. The summed E-state index contributed by atoms with van der Waals surface area (Å²) in [5, 5.41) is 19.4. The van der Waals surface area contributed by atoms with Gasteiger partial charge in [0.2, 0.25) is 10.1 Å².